The second-order valence-electron chi connectivity index (χ2n) is 10.5. The molecule has 2 bridgehead atoms. The van der Waals surface area contributed by atoms with E-state index in [9.17, 15) is 14.4 Å². The minimum atomic E-state index is -0.556. The van der Waals surface area contributed by atoms with Crippen molar-refractivity contribution in [1.82, 2.24) is 14.7 Å². The summed E-state index contributed by atoms with van der Waals surface area (Å²) in [6, 6.07) is 12.8. The lowest BCUT2D eigenvalue weighted by Gasteiger charge is -2.55. The highest BCUT2D eigenvalue weighted by Gasteiger charge is 2.53. The van der Waals surface area contributed by atoms with Gasteiger partial charge in [0.15, 0.2) is 0 Å². The summed E-state index contributed by atoms with van der Waals surface area (Å²) in [5.41, 5.74) is 3.24. The molecule has 9 nitrogen and oxygen atoms in total. The van der Waals surface area contributed by atoms with E-state index < -0.39 is 17.9 Å². The summed E-state index contributed by atoms with van der Waals surface area (Å²) >= 11 is 0. The van der Waals surface area contributed by atoms with Gasteiger partial charge in [0.25, 0.3) is 0 Å². The van der Waals surface area contributed by atoms with Crippen molar-refractivity contribution < 1.29 is 23.9 Å². The Balaban J connectivity index is 1.21. The van der Waals surface area contributed by atoms with E-state index in [4.69, 9.17) is 9.47 Å². The molecular formula is C29H34N4O5. The Morgan fingerprint density at radius 1 is 0.868 bits per heavy atom. The van der Waals surface area contributed by atoms with Gasteiger partial charge < -0.3 is 29.1 Å². The SMILES string of the molecule is COc1cccc(N2CCN(C(=O)C(=O)N3C4CCCC3C3c5ccc(OC)cc5CCN3C4=O)CC2)c1. The molecule has 3 amide bonds. The fourth-order valence-corrected chi connectivity index (χ4v) is 6.71. The molecule has 200 valence electrons. The summed E-state index contributed by atoms with van der Waals surface area (Å²) in [4.78, 5) is 48.4. The second kappa shape index (κ2) is 9.85. The number of anilines is 1. The van der Waals surface area contributed by atoms with Crippen LogP contribution in [0.25, 0.3) is 0 Å². The van der Waals surface area contributed by atoms with Crippen molar-refractivity contribution in [3.63, 3.8) is 0 Å². The van der Waals surface area contributed by atoms with E-state index in [0.717, 1.165) is 47.6 Å². The number of piperidine rings is 1. The molecule has 3 fully saturated rings. The highest BCUT2D eigenvalue weighted by Crippen LogP contribution is 2.45. The maximum atomic E-state index is 13.8. The Morgan fingerprint density at radius 3 is 2.39 bits per heavy atom. The molecule has 2 aromatic rings. The lowest BCUT2D eigenvalue weighted by molar-refractivity contribution is -0.171. The van der Waals surface area contributed by atoms with Gasteiger partial charge in [-0.15, -0.1) is 0 Å². The van der Waals surface area contributed by atoms with Crippen LogP contribution in [0.15, 0.2) is 42.5 Å². The number of methoxy groups -OCH3 is 2. The van der Waals surface area contributed by atoms with Gasteiger partial charge in [-0.1, -0.05) is 12.1 Å². The zero-order chi connectivity index (χ0) is 26.4. The van der Waals surface area contributed by atoms with Gasteiger partial charge in [-0.25, -0.2) is 0 Å². The Kier molecular flexibility index (Phi) is 6.37. The van der Waals surface area contributed by atoms with E-state index >= 15 is 0 Å². The first-order valence-electron chi connectivity index (χ1n) is 13.5. The van der Waals surface area contributed by atoms with Gasteiger partial charge in [-0.3, -0.25) is 14.4 Å². The van der Waals surface area contributed by atoms with E-state index in [2.05, 4.69) is 4.90 Å². The summed E-state index contributed by atoms with van der Waals surface area (Å²) < 4.78 is 10.8. The fraction of sp³-hybridized carbons (Fsp3) is 0.483. The smallest absolute Gasteiger partial charge is 0.313 e. The van der Waals surface area contributed by atoms with E-state index in [-0.39, 0.29) is 18.0 Å². The Hall–Kier alpha value is -3.75. The molecule has 0 spiro atoms. The lowest BCUT2D eigenvalue weighted by atomic mass is 9.78. The van der Waals surface area contributed by atoms with Crippen molar-refractivity contribution in [2.45, 2.75) is 43.8 Å². The number of hydrogen-bond donors (Lipinski definition) is 0. The Labute approximate surface area is 222 Å². The highest BCUT2D eigenvalue weighted by molar-refractivity contribution is 6.35. The molecule has 9 heteroatoms. The van der Waals surface area contributed by atoms with Gasteiger partial charge in [-0.2, -0.15) is 0 Å². The van der Waals surface area contributed by atoms with E-state index in [0.29, 0.717) is 39.1 Å². The van der Waals surface area contributed by atoms with Gasteiger partial charge in [-0.05, 0) is 61.1 Å². The summed E-state index contributed by atoms with van der Waals surface area (Å²) in [6.07, 6.45) is 3.02. The number of carbonyl (C=O) groups excluding carboxylic acids is 3. The lowest BCUT2D eigenvalue weighted by Crippen LogP contribution is -2.69. The third kappa shape index (κ3) is 4.04. The van der Waals surface area contributed by atoms with Crippen molar-refractivity contribution in [1.29, 1.82) is 0 Å². The number of benzene rings is 2. The van der Waals surface area contributed by atoms with Crippen LogP contribution in [0.4, 0.5) is 5.69 Å². The maximum Gasteiger partial charge on any atom is 0.313 e. The van der Waals surface area contributed by atoms with Crippen LogP contribution < -0.4 is 14.4 Å². The Bertz CT molecular complexity index is 1260. The fourth-order valence-electron chi connectivity index (χ4n) is 6.71. The van der Waals surface area contributed by atoms with Crippen molar-refractivity contribution in [3.05, 3.63) is 53.6 Å². The van der Waals surface area contributed by atoms with Crippen LogP contribution in [0.1, 0.15) is 36.4 Å². The van der Waals surface area contributed by atoms with Crippen LogP contribution in [-0.4, -0.2) is 91.4 Å². The van der Waals surface area contributed by atoms with Crippen LogP contribution in [0.2, 0.25) is 0 Å². The quantitative estimate of drug-likeness (QED) is 0.580. The van der Waals surface area contributed by atoms with Crippen molar-refractivity contribution in [2.24, 2.45) is 0 Å². The first-order chi connectivity index (χ1) is 18.5. The molecule has 0 saturated carbocycles. The van der Waals surface area contributed by atoms with Crippen LogP contribution >= 0.6 is 0 Å². The monoisotopic (exact) mass is 518 g/mol. The first kappa shape index (κ1) is 24.6. The molecule has 4 aliphatic heterocycles. The molecule has 3 unspecified atom stereocenters. The van der Waals surface area contributed by atoms with Gasteiger partial charge in [0.2, 0.25) is 5.91 Å². The number of piperazine rings is 2. The molecular weight excluding hydrogens is 484 g/mol. The third-order valence-electron chi connectivity index (χ3n) is 8.63. The molecule has 0 radical (unpaired) electrons. The molecule has 3 atom stereocenters. The predicted octanol–water partition coefficient (Wildman–Crippen LogP) is 2.24. The van der Waals surface area contributed by atoms with E-state index in [1.807, 2.05) is 47.4 Å². The number of nitrogens with zero attached hydrogens (tertiary/aromatic N) is 4. The zero-order valence-corrected chi connectivity index (χ0v) is 22.0. The van der Waals surface area contributed by atoms with E-state index in [1.165, 1.54) is 0 Å². The van der Waals surface area contributed by atoms with Crippen LogP contribution in [-0.2, 0) is 20.8 Å². The van der Waals surface area contributed by atoms with Crippen molar-refractivity contribution in [2.75, 3.05) is 51.8 Å². The topological polar surface area (TPSA) is 82.6 Å². The van der Waals surface area contributed by atoms with Gasteiger partial charge in [0.05, 0.1) is 26.3 Å². The summed E-state index contributed by atoms with van der Waals surface area (Å²) in [7, 11) is 3.29. The summed E-state index contributed by atoms with van der Waals surface area (Å²) in [6.45, 7) is 2.79. The Morgan fingerprint density at radius 2 is 1.63 bits per heavy atom. The number of hydrogen-bond acceptors (Lipinski definition) is 6. The average Bonchev–Trinajstić information content (AvgIpc) is 2.98. The molecule has 3 saturated heterocycles. The van der Waals surface area contributed by atoms with Gasteiger partial charge >= 0.3 is 11.8 Å². The van der Waals surface area contributed by atoms with Gasteiger partial charge in [0, 0.05) is 44.5 Å². The highest BCUT2D eigenvalue weighted by atomic mass is 16.5. The zero-order valence-electron chi connectivity index (χ0n) is 22.0. The molecule has 6 rings (SSSR count). The molecule has 38 heavy (non-hydrogen) atoms. The molecule has 2 aromatic carbocycles. The number of carbonyl (C=O) groups is 3. The maximum absolute atomic E-state index is 13.8. The first-order valence-corrected chi connectivity index (χ1v) is 13.5. The molecule has 0 aromatic heterocycles. The molecule has 4 aliphatic rings. The average molecular weight is 519 g/mol. The summed E-state index contributed by atoms with van der Waals surface area (Å²) in [5, 5.41) is 0. The van der Waals surface area contributed by atoms with Crippen LogP contribution in [0.3, 0.4) is 0 Å². The minimum Gasteiger partial charge on any atom is -0.497 e. The standard InChI is InChI=1S/C29H34N4O5/c1-37-21-6-3-5-20(18-21)30-13-15-31(16-14-30)28(35)29(36)33-24-7-4-8-25(33)27(34)32-12-11-19-17-22(38-2)9-10-23(19)26(24)32/h3,5-6,9-10,17-18,24-26H,4,7-8,11-16H2,1-2H3. The van der Waals surface area contributed by atoms with Crippen molar-refractivity contribution >= 4 is 23.4 Å². The van der Waals surface area contributed by atoms with E-state index in [1.54, 1.807) is 24.0 Å². The minimum absolute atomic E-state index is 0.0311. The van der Waals surface area contributed by atoms with Crippen LogP contribution in [0, 0.1) is 0 Å². The largest absolute Gasteiger partial charge is 0.497 e. The predicted molar refractivity (Wildman–Crippen MR) is 141 cm³/mol. The third-order valence-corrected chi connectivity index (χ3v) is 8.63. The molecule has 4 heterocycles. The number of amides is 3. The summed E-state index contributed by atoms with van der Waals surface area (Å²) in [5.74, 6) is 0.505. The number of fused-ring (bicyclic) bond motifs is 6. The molecule has 0 N–H and O–H groups in total. The normalized spacial score (nSPS) is 24.5. The number of rotatable bonds is 3. The molecule has 0 aliphatic carbocycles. The van der Waals surface area contributed by atoms with Crippen LogP contribution in [0.5, 0.6) is 11.5 Å². The van der Waals surface area contributed by atoms with Gasteiger partial charge in [0.1, 0.15) is 17.5 Å². The number of ether oxygens (including phenoxy) is 2. The van der Waals surface area contributed by atoms with Crippen molar-refractivity contribution in [3.8, 4) is 11.5 Å². The second-order valence-corrected chi connectivity index (χ2v) is 10.5.